The van der Waals surface area contributed by atoms with Gasteiger partial charge in [-0.2, -0.15) is 0 Å². The van der Waals surface area contributed by atoms with Crippen molar-refractivity contribution in [1.29, 1.82) is 0 Å². The molecule has 0 spiro atoms. The molecule has 0 saturated heterocycles. The van der Waals surface area contributed by atoms with Crippen molar-refractivity contribution in [1.82, 2.24) is 0 Å². The molecular weight excluding hydrogens is 244 g/mol. The Bertz CT molecular complexity index is 578. The topological polar surface area (TPSA) is 47.9 Å². The van der Waals surface area contributed by atoms with Gasteiger partial charge in [-0.1, -0.05) is 6.07 Å². The van der Waals surface area contributed by atoms with Gasteiger partial charge in [0.25, 0.3) is 0 Å². The predicted molar refractivity (Wildman–Crippen MR) is 72.5 cm³/mol. The third-order valence-corrected chi connectivity index (χ3v) is 2.70. The van der Waals surface area contributed by atoms with Gasteiger partial charge in [0, 0.05) is 6.07 Å². The fourth-order valence-electron chi connectivity index (χ4n) is 1.71. The highest BCUT2D eigenvalue weighted by Gasteiger charge is 2.08. The van der Waals surface area contributed by atoms with Crippen LogP contribution in [0.25, 0.3) is 0 Å². The second-order valence-electron chi connectivity index (χ2n) is 4.09. The number of hydrogen-bond acceptors (Lipinski definition) is 4. The lowest BCUT2D eigenvalue weighted by Crippen LogP contribution is -1.92. The average molecular weight is 260 g/mol. The van der Waals surface area contributed by atoms with Crippen molar-refractivity contribution in [3.05, 3.63) is 42.0 Å². The Morgan fingerprint density at radius 1 is 0.842 bits per heavy atom. The molecule has 0 bridgehead atoms. The maximum atomic E-state index is 9.53. The molecule has 4 nitrogen and oxygen atoms in total. The summed E-state index contributed by atoms with van der Waals surface area (Å²) in [4.78, 5) is 0. The van der Waals surface area contributed by atoms with E-state index in [0.717, 1.165) is 5.56 Å². The second-order valence-corrected chi connectivity index (χ2v) is 4.09. The molecule has 100 valence electrons. The minimum absolute atomic E-state index is 0.0747. The molecule has 2 aromatic carbocycles. The Labute approximate surface area is 112 Å². The van der Waals surface area contributed by atoms with Crippen molar-refractivity contribution in [2.45, 2.75) is 6.92 Å². The van der Waals surface area contributed by atoms with Crippen LogP contribution in [0.4, 0.5) is 0 Å². The van der Waals surface area contributed by atoms with Gasteiger partial charge in [-0.15, -0.1) is 0 Å². The highest BCUT2D eigenvalue weighted by Crippen LogP contribution is 2.36. The van der Waals surface area contributed by atoms with E-state index in [2.05, 4.69) is 0 Å². The standard InChI is InChI=1S/C15H16O4/c1-10-4-7-13(15(8-10)18-3)19-11-5-6-12(16)14(9-11)17-2/h4-9,16H,1-3H3. The number of methoxy groups -OCH3 is 2. The summed E-state index contributed by atoms with van der Waals surface area (Å²) in [5.41, 5.74) is 1.09. The molecule has 0 fully saturated rings. The molecule has 0 unspecified atom stereocenters. The van der Waals surface area contributed by atoms with Crippen molar-refractivity contribution in [3.8, 4) is 28.7 Å². The van der Waals surface area contributed by atoms with Crippen molar-refractivity contribution in [2.24, 2.45) is 0 Å². The predicted octanol–water partition coefficient (Wildman–Crippen LogP) is 3.51. The fourth-order valence-corrected chi connectivity index (χ4v) is 1.71. The molecule has 2 aromatic rings. The van der Waals surface area contributed by atoms with Crippen LogP contribution in [0.5, 0.6) is 28.7 Å². The van der Waals surface area contributed by atoms with E-state index >= 15 is 0 Å². The molecule has 0 radical (unpaired) electrons. The molecule has 0 aromatic heterocycles. The van der Waals surface area contributed by atoms with E-state index in [1.165, 1.54) is 13.2 Å². The van der Waals surface area contributed by atoms with E-state index in [1.807, 2.05) is 25.1 Å². The normalized spacial score (nSPS) is 10.1. The molecule has 1 N–H and O–H groups in total. The van der Waals surface area contributed by atoms with Gasteiger partial charge in [0.05, 0.1) is 14.2 Å². The van der Waals surface area contributed by atoms with E-state index in [0.29, 0.717) is 23.0 Å². The van der Waals surface area contributed by atoms with Crippen LogP contribution in [0.2, 0.25) is 0 Å². The first-order valence-electron chi connectivity index (χ1n) is 5.83. The lowest BCUT2D eigenvalue weighted by Gasteiger charge is -2.12. The molecule has 0 atom stereocenters. The minimum Gasteiger partial charge on any atom is -0.504 e. The Hall–Kier alpha value is -2.36. The van der Waals surface area contributed by atoms with Crippen LogP contribution >= 0.6 is 0 Å². The highest BCUT2D eigenvalue weighted by atomic mass is 16.5. The second kappa shape index (κ2) is 5.52. The maximum absolute atomic E-state index is 9.53. The molecule has 19 heavy (non-hydrogen) atoms. The lowest BCUT2D eigenvalue weighted by molar-refractivity contribution is 0.363. The van der Waals surface area contributed by atoms with E-state index < -0.39 is 0 Å². The van der Waals surface area contributed by atoms with Crippen LogP contribution in [0.1, 0.15) is 5.56 Å². The van der Waals surface area contributed by atoms with Gasteiger partial charge in [-0.05, 0) is 36.8 Å². The third-order valence-electron chi connectivity index (χ3n) is 2.70. The first kappa shape index (κ1) is 13.1. The molecule has 2 rings (SSSR count). The van der Waals surface area contributed by atoms with Crippen LogP contribution in [-0.4, -0.2) is 19.3 Å². The van der Waals surface area contributed by atoms with Gasteiger partial charge in [0.15, 0.2) is 23.0 Å². The van der Waals surface area contributed by atoms with E-state index in [1.54, 1.807) is 19.2 Å². The molecule has 0 saturated carbocycles. The quantitative estimate of drug-likeness (QED) is 0.913. The van der Waals surface area contributed by atoms with Crippen LogP contribution < -0.4 is 14.2 Å². The molecule has 0 aliphatic carbocycles. The summed E-state index contributed by atoms with van der Waals surface area (Å²) in [6, 6.07) is 10.5. The number of ether oxygens (including phenoxy) is 3. The molecule has 0 amide bonds. The Morgan fingerprint density at radius 3 is 2.26 bits per heavy atom. The van der Waals surface area contributed by atoms with Gasteiger partial charge in [0.1, 0.15) is 5.75 Å². The maximum Gasteiger partial charge on any atom is 0.169 e. The Kier molecular flexibility index (Phi) is 3.80. The molecule has 0 heterocycles. The summed E-state index contributed by atoms with van der Waals surface area (Å²) in [5.74, 6) is 2.28. The molecule has 4 heteroatoms. The van der Waals surface area contributed by atoms with Gasteiger partial charge in [0.2, 0.25) is 0 Å². The molecule has 0 aliphatic heterocycles. The average Bonchev–Trinajstić information content (AvgIpc) is 2.42. The number of aryl methyl sites for hydroxylation is 1. The number of rotatable bonds is 4. The van der Waals surface area contributed by atoms with Crippen molar-refractivity contribution >= 4 is 0 Å². The summed E-state index contributed by atoms with van der Waals surface area (Å²) >= 11 is 0. The zero-order valence-corrected chi connectivity index (χ0v) is 11.1. The third kappa shape index (κ3) is 2.91. The first-order chi connectivity index (χ1) is 9.13. The van der Waals surface area contributed by atoms with E-state index in [4.69, 9.17) is 14.2 Å². The van der Waals surface area contributed by atoms with Crippen LogP contribution in [0, 0.1) is 6.92 Å². The Balaban J connectivity index is 2.30. The van der Waals surface area contributed by atoms with E-state index in [-0.39, 0.29) is 5.75 Å². The molecular formula is C15H16O4. The van der Waals surface area contributed by atoms with Gasteiger partial charge in [-0.3, -0.25) is 0 Å². The van der Waals surface area contributed by atoms with Crippen molar-refractivity contribution < 1.29 is 19.3 Å². The van der Waals surface area contributed by atoms with Crippen LogP contribution in [0.15, 0.2) is 36.4 Å². The fraction of sp³-hybridized carbons (Fsp3) is 0.200. The van der Waals surface area contributed by atoms with Crippen molar-refractivity contribution in [2.75, 3.05) is 14.2 Å². The van der Waals surface area contributed by atoms with Gasteiger partial charge < -0.3 is 19.3 Å². The number of aromatic hydroxyl groups is 1. The number of hydrogen-bond donors (Lipinski definition) is 1. The minimum atomic E-state index is 0.0747. The summed E-state index contributed by atoms with van der Waals surface area (Å²) in [5, 5.41) is 9.53. The first-order valence-corrected chi connectivity index (χ1v) is 5.83. The zero-order valence-electron chi connectivity index (χ0n) is 11.1. The zero-order chi connectivity index (χ0) is 13.8. The van der Waals surface area contributed by atoms with Crippen LogP contribution in [-0.2, 0) is 0 Å². The van der Waals surface area contributed by atoms with Crippen molar-refractivity contribution in [3.63, 3.8) is 0 Å². The number of phenolic OH excluding ortho intramolecular Hbond substituents is 1. The summed E-state index contributed by atoms with van der Waals surface area (Å²) in [7, 11) is 3.09. The smallest absolute Gasteiger partial charge is 0.169 e. The number of benzene rings is 2. The summed E-state index contributed by atoms with van der Waals surface area (Å²) in [6.07, 6.45) is 0. The van der Waals surface area contributed by atoms with Crippen LogP contribution in [0.3, 0.4) is 0 Å². The summed E-state index contributed by atoms with van der Waals surface area (Å²) in [6.45, 7) is 1.98. The van der Waals surface area contributed by atoms with Gasteiger partial charge in [-0.25, -0.2) is 0 Å². The van der Waals surface area contributed by atoms with E-state index in [9.17, 15) is 5.11 Å². The number of phenols is 1. The Morgan fingerprint density at radius 2 is 1.58 bits per heavy atom. The monoisotopic (exact) mass is 260 g/mol. The van der Waals surface area contributed by atoms with Gasteiger partial charge >= 0.3 is 0 Å². The molecule has 0 aliphatic rings. The summed E-state index contributed by atoms with van der Waals surface area (Å²) < 4.78 is 16.0. The lowest BCUT2D eigenvalue weighted by atomic mass is 10.2. The SMILES string of the molecule is COc1cc(Oc2ccc(C)cc2OC)ccc1O. The largest absolute Gasteiger partial charge is 0.504 e. The highest BCUT2D eigenvalue weighted by molar-refractivity contribution is 5.49.